The third-order valence-electron chi connectivity index (χ3n) is 0. The summed E-state index contributed by atoms with van der Waals surface area (Å²) in [6, 6.07) is 0. The summed E-state index contributed by atoms with van der Waals surface area (Å²) in [5, 5.41) is 16.7. The Balaban J connectivity index is -0.0000000150. The maximum atomic E-state index is 8.33. The fraction of sp³-hybridized carbons (Fsp3) is 0. The van der Waals surface area contributed by atoms with Gasteiger partial charge in [0.2, 0.25) is 0 Å². The molecule has 0 rings (SSSR count). The van der Waals surface area contributed by atoms with E-state index < -0.39 is 6.16 Å². The number of carboxylic acid groups (broad SMARTS) is 2. The Bertz CT molecular complexity index is 37.9. The van der Waals surface area contributed by atoms with Gasteiger partial charge in [-0.2, -0.15) is 0 Å². The van der Waals surface area contributed by atoms with E-state index in [9.17, 15) is 0 Å². The number of carbonyl (C=O) groups excluding carboxylic acids is 1. The van der Waals surface area contributed by atoms with Crippen LogP contribution in [0.5, 0.6) is 0 Å². The molecule has 0 aromatic rings. The van der Waals surface area contributed by atoms with E-state index in [4.69, 9.17) is 15.0 Å². The predicted molar refractivity (Wildman–Crippen MR) is 13.7 cm³/mol. The number of rotatable bonds is 0. The van der Waals surface area contributed by atoms with Crippen molar-refractivity contribution in [2.75, 3.05) is 0 Å². The number of hydrogen-bond acceptors (Lipinski definition) is 3. The van der Waals surface area contributed by atoms with Gasteiger partial charge < -0.3 is 15.0 Å². The summed E-state index contributed by atoms with van der Waals surface area (Å²) in [5.74, 6) is 0. The summed E-state index contributed by atoms with van der Waals surface area (Å²) in [6.07, 6.45) is -2.33. The van der Waals surface area contributed by atoms with Crippen LogP contribution in [-0.4, -0.2) is 51.6 Å². The second-order valence-electron chi connectivity index (χ2n) is 0.250. The first-order chi connectivity index (χ1) is 1.73. The van der Waals surface area contributed by atoms with Crippen LogP contribution in [0.15, 0.2) is 0 Å². The molecule has 0 aromatic heterocycles. The fourth-order valence-corrected chi connectivity index (χ4v) is 0. The van der Waals surface area contributed by atoms with Gasteiger partial charge in [-0.3, -0.25) is 4.70 Å². The average molecular weight is 207 g/mol. The Morgan fingerprint density at radius 3 is 1.29 bits per heavy atom. The largest absolute Gasteiger partial charge is 2.00 e. The molecule has 0 fully saturated rings. The zero-order chi connectivity index (χ0) is 3.58. The smallest absolute Gasteiger partial charge is 0.652 e. The van der Waals surface area contributed by atoms with Crippen molar-refractivity contribution < 1.29 is 71.1 Å². The molecule has 0 heterocycles. The van der Waals surface area contributed by atoms with E-state index in [-0.39, 0.29) is 102 Å². The molecular weight excluding hydrogens is 206 g/mol. The normalized spacial score (nSPS) is 3.43. The van der Waals surface area contributed by atoms with E-state index >= 15 is 0 Å². The summed E-state index contributed by atoms with van der Waals surface area (Å²) in [7, 11) is 0. The third-order valence-corrected chi connectivity index (χ3v) is 0. The molecule has 3 nitrogen and oxygen atoms in total. The molecule has 0 atom stereocenters. The van der Waals surface area contributed by atoms with Crippen molar-refractivity contribution in [3.8, 4) is 0 Å². The summed E-state index contributed by atoms with van der Waals surface area (Å²) >= 11 is 0. The molecule has 0 saturated carbocycles. The van der Waals surface area contributed by atoms with Crippen LogP contribution in [0.25, 0.3) is 0 Å². The molecule has 0 amide bonds. The Hall–Kier alpha value is 2.32. The Morgan fingerprint density at radius 2 is 1.29 bits per heavy atom. The van der Waals surface area contributed by atoms with Gasteiger partial charge in [0, 0.05) is 0 Å². The van der Waals surface area contributed by atoms with Crippen molar-refractivity contribution in [3.63, 3.8) is 0 Å². The van der Waals surface area contributed by atoms with Gasteiger partial charge >= 0.3 is 96.9 Å². The molecule has 0 aliphatic rings. The minimum Gasteiger partial charge on any atom is -0.652 e. The van der Waals surface area contributed by atoms with Gasteiger partial charge in [0.1, 0.15) is 0 Å². The first kappa shape index (κ1) is 22.8. The molecular formula is CHFKO3Sr+. The van der Waals surface area contributed by atoms with Crippen LogP contribution >= 0.6 is 0 Å². The fourth-order valence-electron chi connectivity index (χ4n) is 0. The molecule has 0 aliphatic carbocycles. The van der Waals surface area contributed by atoms with Crippen molar-refractivity contribution in [2.24, 2.45) is 0 Å². The minimum atomic E-state index is -2.33. The van der Waals surface area contributed by atoms with Crippen LogP contribution in [0, 0.1) is 0 Å². The van der Waals surface area contributed by atoms with Gasteiger partial charge in [0.15, 0.2) is 0 Å². The minimum absolute atomic E-state index is 0. The first-order valence-electron chi connectivity index (χ1n) is 0.612. The van der Waals surface area contributed by atoms with E-state index in [1.807, 2.05) is 0 Å². The quantitative estimate of drug-likeness (QED) is 0.372. The van der Waals surface area contributed by atoms with Crippen LogP contribution in [0.3, 0.4) is 0 Å². The van der Waals surface area contributed by atoms with Crippen molar-refractivity contribution in [1.82, 2.24) is 0 Å². The molecule has 0 unspecified atom stereocenters. The molecule has 6 heteroatoms. The van der Waals surface area contributed by atoms with Crippen LogP contribution in [0.1, 0.15) is 0 Å². The average Bonchev–Trinajstić information content (AvgIpc) is 0.811. The van der Waals surface area contributed by atoms with Crippen LogP contribution in [0.4, 0.5) is 9.50 Å². The monoisotopic (exact) mass is 207 g/mol. The van der Waals surface area contributed by atoms with Gasteiger partial charge in [-0.05, 0) is 6.16 Å². The number of hydrogen-bond donors (Lipinski definition) is 0. The van der Waals surface area contributed by atoms with E-state index in [0.717, 1.165) is 0 Å². The molecule has 7 heavy (non-hydrogen) atoms. The van der Waals surface area contributed by atoms with E-state index in [1.54, 1.807) is 0 Å². The first-order valence-corrected chi connectivity index (χ1v) is 0.612. The number of halogens is 1. The predicted octanol–water partition coefficient (Wildman–Crippen LogP) is -5.67. The Morgan fingerprint density at radius 1 is 1.29 bits per heavy atom. The second kappa shape index (κ2) is 15.8. The van der Waals surface area contributed by atoms with Gasteiger partial charge in [-0.15, -0.1) is 0 Å². The molecule has 0 bridgehead atoms. The molecule has 0 aromatic carbocycles. The van der Waals surface area contributed by atoms with Crippen molar-refractivity contribution in [1.29, 1.82) is 0 Å². The zero-order valence-electron chi connectivity index (χ0n) is 3.84. The molecule has 0 radical (unpaired) electrons. The maximum absolute atomic E-state index is 8.33. The standard InChI is InChI=1S/CH2O3.FH.K.Sr/c2-1(3)4;;;/h(H2,2,3,4);1H;;/q;;+1;+2/p-2. The van der Waals surface area contributed by atoms with E-state index in [2.05, 4.69) is 0 Å². The maximum Gasteiger partial charge on any atom is 2.00 e. The summed E-state index contributed by atoms with van der Waals surface area (Å²) in [4.78, 5) is 8.33. The summed E-state index contributed by atoms with van der Waals surface area (Å²) in [5.41, 5.74) is 0. The van der Waals surface area contributed by atoms with Crippen molar-refractivity contribution in [3.05, 3.63) is 0 Å². The molecule has 0 aliphatic heterocycles. The Labute approximate surface area is 120 Å². The molecule has 32 valence electrons. The van der Waals surface area contributed by atoms with Crippen LogP contribution in [-0.2, 0) is 0 Å². The third kappa shape index (κ3) is 61.8. The zero-order valence-corrected chi connectivity index (χ0v) is 10.4. The van der Waals surface area contributed by atoms with Crippen LogP contribution < -0.4 is 61.6 Å². The molecule has 0 N–H and O–H groups in total. The van der Waals surface area contributed by atoms with Gasteiger partial charge in [-0.25, -0.2) is 0 Å². The van der Waals surface area contributed by atoms with Gasteiger partial charge in [-0.1, -0.05) is 0 Å². The van der Waals surface area contributed by atoms with Crippen molar-refractivity contribution >= 4 is 51.6 Å². The van der Waals surface area contributed by atoms with Gasteiger partial charge in [0.25, 0.3) is 0 Å². The number of carbonyl (C=O) groups is 1. The van der Waals surface area contributed by atoms with Gasteiger partial charge in [0.05, 0.1) is 0 Å². The second-order valence-corrected chi connectivity index (χ2v) is 0.250. The summed E-state index contributed by atoms with van der Waals surface area (Å²) < 4.78 is 0. The Kier molecular flexibility index (Phi) is 51.3. The SMILES string of the molecule is F.O=C([O-])[O-].[K+].[Sr+2]. The van der Waals surface area contributed by atoms with Crippen LogP contribution in [0.2, 0.25) is 0 Å². The van der Waals surface area contributed by atoms with Crippen molar-refractivity contribution in [2.45, 2.75) is 0 Å². The van der Waals surface area contributed by atoms with E-state index in [1.165, 1.54) is 0 Å². The molecule has 0 spiro atoms. The molecule has 0 saturated heterocycles. The topological polar surface area (TPSA) is 63.2 Å². The summed E-state index contributed by atoms with van der Waals surface area (Å²) in [6.45, 7) is 0. The van der Waals surface area contributed by atoms with E-state index in [0.29, 0.717) is 0 Å².